The van der Waals surface area contributed by atoms with E-state index in [0.717, 1.165) is 5.65 Å². The van der Waals surface area contributed by atoms with Crippen LogP contribution in [0.1, 0.15) is 0 Å². The van der Waals surface area contributed by atoms with Crippen LogP contribution in [0.15, 0.2) is 103 Å². The van der Waals surface area contributed by atoms with Crippen molar-refractivity contribution in [2.45, 2.75) is 0 Å². The molecule has 0 atom stereocenters. The average molecular weight is 383 g/mol. The molecule has 0 fully saturated rings. The number of imidazole rings is 1. The van der Waals surface area contributed by atoms with E-state index in [1.54, 1.807) is 0 Å². The maximum Gasteiger partial charge on any atom is 0.145 e. The Bertz CT molecular complexity index is 1700. The lowest BCUT2D eigenvalue weighted by molar-refractivity contribution is 1.18. The van der Waals surface area contributed by atoms with Gasteiger partial charge in [0.2, 0.25) is 0 Å². The average Bonchev–Trinajstić information content (AvgIpc) is 3.42. The number of rotatable bonds is 1. The molecule has 0 aliphatic carbocycles. The predicted octanol–water partition coefficient (Wildman–Crippen LogP) is 6.74. The summed E-state index contributed by atoms with van der Waals surface area (Å²) in [6.07, 6.45) is 3.92. The standard InChI is InChI=1S/C27H17N3/c1-4-10-24-21(9-1)23-17-18(13-14-22(23)27-28-15-16-29(24)27)30-25-11-5-2-7-19(25)20-8-3-6-12-26(20)30/h1-17H. The van der Waals surface area contributed by atoms with Gasteiger partial charge in [-0.05, 0) is 41.8 Å². The van der Waals surface area contributed by atoms with Gasteiger partial charge in [0.25, 0.3) is 0 Å². The van der Waals surface area contributed by atoms with E-state index in [1.165, 1.54) is 49.2 Å². The Morgan fingerprint density at radius 3 is 1.83 bits per heavy atom. The van der Waals surface area contributed by atoms with Crippen LogP contribution in [0.4, 0.5) is 0 Å². The minimum absolute atomic E-state index is 0.998. The van der Waals surface area contributed by atoms with Crippen molar-refractivity contribution < 1.29 is 0 Å². The van der Waals surface area contributed by atoms with Crippen molar-refractivity contribution in [1.82, 2.24) is 14.0 Å². The summed E-state index contributed by atoms with van der Waals surface area (Å²) in [4.78, 5) is 4.65. The number of para-hydroxylation sites is 3. The molecule has 7 aromatic rings. The number of fused-ring (bicyclic) bond motifs is 9. The Morgan fingerprint density at radius 2 is 1.13 bits per heavy atom. The van der Waals surface area contributed by atoms with Gasteiger partial charge in [0.1, 0.15) is 5.65 Å². The van der Waals surface area contributed by atoms with E-state index in [-0.39, 0.29) is 0 Å². The van der Waals surface area contributed by atoms with Crippen molar-refractivity contribution in [2.24, 2.45) is 0 Å². The molecule has 3 nitrogen and oxygen atoms in total. The van der Waals surface area contributed by atoms with Crippen molar-refractivity contribution in [2.75, 3.05) is 0 Å². The smallest absolute Gasteiger partial charge is 0.145 e. The second kappa shape index (κ2) is 5.71. The molecule has 0 aliphatic rings. The fourth-order valence-electron chi connectivity index (χ4n) is 4.90. The zero-order valence-corrected chi connectivity index (χ0v) is 16.2. The van der Waals surface area contributed by atoms with Gasteiger partial charge >= 0.3 is 0 Å². The first-order valence-electron chi connectivity index (χ1n) is 10.2. The van der Waals surface area contributed by atoms with Crippen LogP contribution in [-0.2, 0) is 0 Å². The monoisotopic (exact) mass is 383 g/mol. The lowest BCUT2D eigenvalue weighted by atomic mass is 10.0. The molecule has 3 aromatic heterocycles. The molecule has 3 heteroatoms. The molecular weight excluding hydrogens is 366 g/mol. The van der Waals surface area contributed by atoms with Crippen LogP contribution in [0.5, 0.6) is 0 Å². The van der Waals surface area contributed by atoms with Crippen molar-refractivity contribution in [1.29, 1.82) is 0 Å². The molecule has 0 radical (unpaired) electrons. The zero-order valence-electron chi connectivity index (χ0n) is 16.2. The Kier molecular flexibility index (Phi) is 3.00. The van der Waals surface area contributed by atoms with Gasteiger partial charge in [0, 0.05) is 39.6 Å². The van der Waals surface area contributed by atoms with Crippen LogP contribution in [-0.4, -0.2) is 14.0 Å². The summed E-state index contributed by atoms with van der Waals surface area (Å²) in [5.74, 6) is 0. The van der Waals surface area contributed by atoms with Gasteiger partial charge in [-0.25, -0.2) is 4.98 Å². The molecule has 0 unspecified atom stereocenters. The molecule has 0 saturated heterocycles. The lowest BCUT2D eigenvalue weighted by Crippen LogP contribution is -1.95. The van der Waals surface area contributed by atoms with Crippen LogP contribution in [0.25, 0.3) is 54.8 Å². The van der Waals surface area contributed by atoms with Crippen LogP contribution in [0, 0.1) is 0 Å². The lowest BCUT2D eigenvalue weighted by Gasteiger charge is -2.12. The fourth-order valence-corrected chi connectivity index (χ4v) is 4.90. The van der Waals surface area contributed by atoms with Crippen molar-refractivity contribution in [3.63, 3.8) is 0 Å². The van der Waals surface area contributed by atoms with E-state index in [9.17, 15) is 0 Å². The maximum atomic E-state index is 4.65. The van der Waals surface area contributed by atoms with Gasteiger partial charge in [-0.3, -0.25) is 4.40 Å². The molecule has 30 heavy (non-hydrogen) atoms. The number of pyridine rings is 1. The van der Waals surface area contributed by atoms with Crippen LogP contribution in [0.3, 0.4) is 0 Å². The normalized spacial score (nSPS) is 12.0. The third-order valence-electron chi connectivity index (χ3n) is 6.18. The first-order chi connectivity index (χ1) is 14.9. The molecule has 0 amide bonds. The Balaban J connectivity index is 1.66. The second-order valence-electron chi connectivity index (χ2n) is 7.74. The maximum absolute atomic E-state index is 4.65. The molecule has 0 saturated carbocycles. The number of hydrogen-bond acceptors (Lipinski definition) is 1. The second-order valence-corrected chi connectivity index (χ2v) is 7.74. The third-order valence-corrected chi connectivity index (χ3v) is 6.18. The van der Waals surface area contributed by atoms with E-state index in [1.807, 2.05) is 12.4 Å². The van der Waals surface area contributed by atoms with Crippen LogP contribution < -0.4 is 0 Å². The topological polar surface area (TPSA) is 22.2 Å². The Morgan fingerprint density at radius 1 is 0.533 bits per heavy atom. The number of benzene rings is 4. The van der Waals surface area contributed by atoms with Crippen molar-refractivity contribution in [3.8, 4) is 5.69 Å². The fraction of sp³-hybridized carbons (Fsp3) is 0. The number of nitrogens with zero attached hydrogens (tertiary/aromatic N) is 3. The summed E-state index contributed by atoms with van der Waals surface area (Å²) < 4.78 is 4.55. The summed E-state index contributed by atoms with van der Waals surface area (Å²) in [6.45, 7) is 0. The Hall–Kier alpha value is -4.11. The molecule has 0 aliphatic heterocycles. The van der Waals surface area contributed by atoms with E-state index in [4.69, 9.17) is 0 Å². The largest absolute Gasteiger partial charge is 0.309 e. The van der Waals surface area contributed by atoms with Crippen molar-refractivity contribution >= 4 is 49.1 Å². The highest BCUT2D eigenvalue weighted by molar-refractivity contribution is 6.13. The van der Waals surface area contributed by atoms with Gasteiger partial charge in [-0.1, -0.05) is 54.6 Å². The van der Waals surface area contributed by atoms with E-state index < -0.39 is 0 Å². The highest BCUT2D eigenvalue weighted by Gasteiger charge is 2.14. The predicted molar refractivity (Wildman–Crippen MR) is 125 cm³/mol. The molecule has 0 spiro atoms. The SMILES string of the molecule is c1ccc2c(c1)c1ccccc1n2-c1ccc2c(c1)c1ccccc1n1ccnc21. The van der Waals surface area contributed by atoms with Gasteiger partial charge in [-0.2, -0.15) is 0 Å². The zero-order chi connectivity index (χ0) is 19.7. The van der Waals surface area contributed by atoms with Crippen LogP contribution >= 0.6 is 0 Å². The number of hydrogen-bond donors (Lipinski definition) is 0. The third kappa shape index (κ3) is 1.96. The molecule has 0 N–H and O–H groups in total. The first-order valence-corrected chi connectivity index (χ1v) is 10.2. The summed E-state index contributed by atoms with van der Waals surface area (Å²) in [7, 11) is 0. The Labute approximate surface area is 172 Å². The summed E-state index contributed by atoms with van der Waals surface area (Å²) in [5, 5.41) is 6.19. The van der Waals surface area contributed by atoms with E-state index in [0.29, 0.717) is 0 Å². The van der Waals surface area contributed by atoms with Gasteiger partial charge in [0.15, 0.2) is 0 Å². The van der Waals surface area contributed by atoms with E-state index >= 15 is 0 Å². The quantitative estimate of drug-likeness (QED) is 0.288. The molecule has 140 valence electrons. The summed E-state index contributed by atoms with van der Waals surface area (Å²) >= 11 is 0. The number of aromatic nitrogens is 3. The van der Waals surface area contributed by atoms with Gasteiger partial charge < -0.3 is 4.57 Å². The molecule has 7 rings (SSSR count). The summed E-state index contributed by atoms with van der Waals surface area (Å²) in [5.41, 5.74) is 5.80. The van der Waals surface area contributed by atoms with Gasteiger partial charge in [0.05, 0.1) is 16.6 Å². The molecule has 0 bridgehead atoms. The van der Waals surface area contributed by atoms with E-state index in [2.05, 4.69) is 105 Å². The molecular formula is C27H17N3. The highest BCUT2D eigenvalue weighted by Crippen LogP contribution is 2.35. The molecule has 3 heterocycles. The minimum Gasteiger partial charge on any atom is -0.309 e. The molecule has 4 aromatic carbocycles. The van der Waals surface area contributed by atoms with Gasteiger partial charge in [-0.15, -0.1) is 0 Å². The summed E-state index contributed by atoms with van der Waals surface area (Å²) in [6, 6.07) is 32.6. The van der Waals surface area contributed by atoms with Crippen molar-refractivity contribution in [3.05, 3.63) is 103 Å². The van der Waals surface area contributed by atoms with Crippen LogP contribution in [0.2, 0.25) is 0 Å². The minimum atomic E-state index is 0.998. The highest BCUT2D eigenvalue weighted by atomic mass is 15.0. The first kappa shape index (κ1) is 15.8.